The molecule has 2 aromatic rings. The number of halogens is 6. The van der Waals surface area contributed by atoms with E-state index in [-0.39, 0.29) is 48.5 Å². The van der Waals surface area contributed by atoms with Gasteiger partial charge in [-0.05, 0) is 94.2 Å². The number of nitrogens with zero attached hydrogens (tertiary/aromatic N) is 1. The van der Waals surface area contributed by atoms with E-state index in [2.05, 4.69) is 5.32 Å². The summed E-state index contributed by atoms with van der Waals surface area (Å²) in [5.41, 5.74) is -6.97. The molecule has 13 heteroatoms. The zero-order valence-electron chi connectivity index (χ0n) is 28.8. The summed E-state index contributed by atoms with van der Waals surface area (Å²) >= 11 is 0. The lowest BCUT2D eigenvalue weighted by atomic mass is 9.86. The number of unbranched alkanes of at least 4 members (excludes halogenated alkanes) is 1. The molecule has 2 aliphatic rings. The van der Waals surface area contributed by atoms with Crippen molar-refractivity contribution in [2.24, 2.45) is 5.92 Å². The van der Waals surface area contributed by atoms with Gasteiger partial charge >= 0.3 is 18.4 Å². The molecule has 0 aromatic heterocycles. The molecule has 0 spiro atoms. The number of ether oxygens (including phenoxy) is 2. The van der Waals surface area contributed by atoms with Gasteiger partial charge in [0.25, 0.3) is 11.5 Å². The van der Waals surface area contributed by atoms with E-state index in [1.807, 2.05) is 13.8 Å². The van der Waals surface area contributed by atoms with Crippen molar-refractivity contribution in [1.29, 1.82) is 0 Å². The van der Waals surface area contributed by atoms with E-state index in [1.54, 1.807) is 44.2 Å². The van der Waals surface area contributed by atoms with E-state index in [0.717, 1.165) is 43.1 Å². The summed E-state index contributed by atoms with van der Waals surface area (Å²) < 4.78 is 95.1. The fourth-order valence-electron chi connectivity index (χ4n) is 6.51. The van der Waals surface area contributed by atoms with Gasteiger partial charge in [0.05, 0.1) is 12.7 Å². The van der Waals surface area contributed by atoms with Crippen LogP contribution in [0, 0.1) is 5.92 Å². The van der Waals surface area contributed by atoms with Crippen LogP contribution in [0.4, 0.5) is 31.1 Å². The molecule has 276 valence electrons. The van der Waals surface area contributed by atoms with Gasteiger partial charge in [0.15, 0.2) is 0 Å². The molecule has 1 aliphatic heterocycles. The number of carbonyl (C=O) groups excluding carboxylic acids is 2. The highest BCUT2D eigenvalue weighted by Gasteiger charge is 2.71. The average Bonchev–Trinajstić information content (AvgIpc) is 3.26. The molecule has 2 N–H and O–H groups in total. The van der Waals surface area contributed by atoms with Crippen molar-refractivity contribution in [3.8, 4) is 11.5 Å². The highest BCUT2D eigenvalue weighted by molar-refractivity contribution is 6.07. The number of hydrogen-bond acceptors (Lipinski definition) is 5. The normalized spacial score (nSPS) is 19.5. The Kier molecular flexibility index (Phi) is 12.2. The quantitative estimate of drug-likeness (QED) is 0.116. The Morgan fingerprint density at radius 3 is 2.22 bits per heavy atom. The molecular weight excluding hydrogens is 666 g/mol. The van der Waals surface area contributed by atoms with E-state index in [0.29, 0.717) is 36.6 Å². The molecule has 1 atom stereocenters. The van der Waals surface area contributed by atoms with Crippen LogP contribution in [0.15, 0.2) is 42.5 Å². The number of nitrogens with one attached hydrogen (secondary N) is 1. The van der Waals surface area contributed by atoms with E-state index < -0.39 is 41.0 Å². The SMILES string of the molecule is CCCc1cc(C(O)(C(F)(F)F)C(F)(F)F)cc(C=CC2CCCCC2)c1OCCCCN1C(=O)NC(C)(c2ccc(OC(C)C)cc2)C1=O. The van der Waals surface area contributed by atoms with E-state index in [1.165, 1.54) is 6.08 Å². The maximum Gasteiger partial charge on any atom is 0.430 e. The summed E-state index contributed by atoms with van der Waals surface area (Å²) in [6.07, 6.45) is -2.95. The second-order valence-electron chi connectivity index (χ2n) is 13.5. The first-order valence-electron chi connectivity index (χ1n) is 17.2. The van der Waals surface area contributed by atoms with Crippen LogP contribution in [0.25, 0.3) is 6.08 Å². The van der Waals surface area contributed by atoms with Crippen LogP contribution < -0.4 is 14.8 Å². The van der Waals surface area contributed by atoms with Crippen molar-refractivity contribution in [2.45, 2.75) is 115 Å². The zero-order valence-corrected chi connectivity index (χ0v) is 28.8. The smallest absolute Gasteiger partial charge is 0.430 e. The average molecular weight is 713 g/mol. The summed E-state index contributed by atoms with van der Waals surface area (Å²) in [5, 5.41) is 13.0. The Labute approximate surface area is 289 Å². The Morgan fingerprint density at radius 2 is 1.64 bits per heavy atom. The third-order valence-corrected chi connectivity index (χ3v) is 9.25. The van der Waals surface area contributed by atoms with Crippen LogP contribution in [0.1, 0.15) is 101 Å². The van der Waals surface area contributed by atoms with Gasteiger partial charge in [-0.1, -0.05) is 56.9 Å². The molecule has 2 aromatic carbocycles. The number of amides is 3. The summed E-state index contributed by atoms with van der Waals surface area (Å²) in [6.45, 7) is 7.22. The van der Waals surface area contributed by atoms with Crippen LogP contribution in [-0.2, 0) is 22.4 Å². The number of carbonyl (C=O) groups is 2. The second kappa shape index (κ2) is 15.7. The van der Waals surface area contributed by atoms with Crippen LogP contribution >= 0.6 is 0 Å². The van der Waals surface area contributed by atoms with Crippen LogP contribution in [0.2, 0.25) is 0 Å². The number of imide groups is 1. The first kappa shape index (κ1) is 39.1. The van der Waals surface area contributed by atoms with E-state index in [9.17, 15) is 41.0 Å². The molecule has 1 saturated heterocycles. The molecule has 1 unspecified atom stereocenters. The lowest BCUT2D eigenvalue weighted by molar-refractivity contribution is -0.376. The predicted octanol–water partition coefficient (Wildman–Crippen LogP) is 8.96. The monoisotopic (exact) mass is 712 g/mol. The first-order chi connectivity index (χ1) is 23.4. The molecule has 50 heavy (non-hydrogen) atoms. The van der Waals surface area contributed by atoms with Gasteiger partial charge in [-0.3, -0.25) is 9.69 Å². The summed E-state index contributed by atoms with van der Waals surface area (Å²) in [4.78, 5) is 27.3. The minimum atomic E-state index is -6.03. The third kappa shape index (κ3) is 8.41. The fourth-order valence-corrected chi connectivity index (χ4v) is 6.51. The number of allylic oxidation sites excluding steroid dienone is 1. The van der Waals surface area contributed by atoms with Gasteiger partial charge in [0.1, 0.15) is 17.0 Å². The fraction of sp³-hybridized carbons (Fsp3) is 0.568. The molecule has 2 fully saturated rings. The minimum Gasteiger partial charge on any atom is -0.493 e. The largest absolute Gasteiger partial charge is 0.493 e. The number of urea groups is 1. The van der Waals surface area contributed by atoms with Crippen molar-refractivity contribution < 1.29 is 50.5 Å². The van der Waals surface area contributed by atoms with Crippen molar-refractivity contribution >= 4 is 18.0 Å². The van der Waals surface area contributed by atoms with Gasteiger partial charge in [0, 0.05) is 17.7 Å². The predicted molar refractivity (Wildman–Crippen MR) is 177 cm³/mol. The number of aliphatic hydroxyl groups is 1. The van der Waals surface area contributed by atoms with Gasteiger partial charge < -0.3 is 19.9 Å². The number of benzene rings is 2. The molecule has 0 bridgehead atoms. The summed E-state index contributed by atoms with van der Waals surface area (Å²) in [7, 11) is 0. The molecule has 1 saturated carbocycles. The van der Waals surface area contributed by atoms with Crippen molar-refractivity contribution in [3.05, 3.63) is 64.7 Å². The standard InChI is InChI=1S/C37H46F6N2O5/c1-5-11-26-22-29(35(48,36(38,39)40)37(41,42)43)23-27(15-14-25-12-7-6-8-13-25)31(26)49-21-10-9-20-45-32(46)34(4,44-33(45)47)28-16-18-30(19-17-28)50-24(2)3/h14-19,22-25,48H,5-13,20-21H2,1-4H3,(H,44,47). The first-order valence-corrected chi connectivity index (χ1v) is 17.2. The van der Waals surface area contributed by atoms with Gasteiger partial charge in [-0.25, -0.2) is 4.79 Å². The molecule has 7 nitrogen and oxygen atoms in total. The van der Waals surface area contributed by atoms with Gasteiger partial charge in [-0.15, -0.1) is 0 Å². The third-order valence-electron chi connectivity index (χ3n) is 9.25. The lowest BCUT2D eigenvalue weighted by Gasteiger charge is -2.33. The second-order valence-corrected chi connectivity index (χ2v) is 13.5. The maximum atomic E-state index is 13.9. The Bertz CT molecular complexity index is 1500. The van der Waals surface area contributed by atoms with E-state index in [4.69, 9.17) is 9.47 Å². The van der Waals surface area contributed by atoms with Gasteiger partial charge in [-0.2, -0.15) is 26.3 Å². The molecule has 0 radical (unpaired) electrons. The molecule has 3 amide bonds. The van der Waals surface area contributed by atoms with Gasteiger partial charge in [0.2, 0.25) is 0 Å². The Balaban J connectivity index is 1.52. The highest BCUT2D eigenvalue weighted by atomic mass is 19.4. The number of hydrogen-bond donors (Lipinski definition) is 2. The zero-order chi connectivity index (χ0) is 36.9. The highest BCUT2D eigenvalue weighted by Crippen LogP contribution is 2.51. The molecule has 4 rings (SSSR count). The Morgan fingerprint density at radius 1 is 1.00 bits per heavy atom. The lowest BCUT2D eigenvalue weighted by Crippen LogP contribution is -2.54. The van der Waals surface area contributed by atoms with Crippen LogP contribution in [-0.4, -0.2) is 53.6 Å². The topological polar surface area (TPSA) is 88.1 Å². The van der Waals surface area contributed by atoms with Crippen molar-refractivity contribution in [2.75, 3.05) is 13.2 Å². The number of alkyl halides is 6. The summed E-state index contributed by atoms with van der Waals surface area (Å²) in [5.74, 6) is 0.447. The minimum absolute atomic E-state index is 0.0122. The van der Waals surface area contributed by atoms with E-state index >= 15 is 0 Å². The number of aryl methyl sites for hydroxylation is 1. The maximum absolute atomic E-state index is 13.9. The van der Waals surface area contributed by atoms with Crippen molar-refractivity contribution in [1.82, 2.24) is 10.2 Å². The molecule has 1 heterocycles. The van der Waals surface area contributed by atoms with Crippen LogP contribution in [0.3, 0.4) is 0 Å². The number of rotatable bonds is 14. The van der Waals surface area contributed by atoms with Crippen molar-refractivity contribution in [3.63, 3.8) is 0 Å². The molecular formula is C37H46F6N2O5. The Hall–Kier alpha value is -3.74. The molecule has 1 aliphatic carbocycles. The van der Waals surface area contributed by atoms with Crippen LogP contribution in [0.5, 0.6) is 11.5 Å². The summed E-state index contributed by atoms with van der Waals surface area (Å²) in [6, 6.07) is 7.78.